The van der Waals surface area contributed by atoms with Crippen LogP contribution in [0.2, 0.25) is 0 Å². The number of carbonyl (C=O) groups is 2. The Hall–Kier alpha value is -1.26. The van der Waals surface area contributed by atoms with Gasteiger partial charge in [0.1, 0.15) is 12.1 Å². The molecule has 0 aromatic carbocycles. The number of rotatable bonds is 10. The first-order valence-corrected chi connectivity index (χ1v) is 7.68. The highest BCUT2D eigenvalue weighted by molar-refractivity contribution is 5.89. The SMILES string of the molecule is [2H]OC(CCC(=C)[C@@]1(C)C(=O)CC[C@@H]1CC/C=C(\C)C=O)OC([2H])([2H])[2H]. The molecular formula is C18H28O4. The van der Waals surface area contributed by atoms with E-state index in [-0.39, 0.29) is 18.1 Å². The lowest BCUT2D eigenvalue weighted by molar-refractivity contribution is -0.124. The van der Waals surface area contributed by atoms with E-state index in [4.69, 9.17) is 10.3 Å². The van der Waals surface area contributed by atoms with Gasteiger partial charge in [-0.2, -0.15) is 0 Å². The molecule has 1 aliphatic carbocycles. The Morgan fingerprint density at radius 2 is 2.50 bits per heavy atom. The minimum absolute atomic E-state index is 0.122. The monoisotopic (exact) mass is 312 g/mol. The maximum absolute atomic E-state index is 12.5. The number of ether oxygens (including phenoxy) is 1. The zero-order valence-electron chi connectivity index (χ0n) is 17.4. The van der Waals surface area contributed by atoms with E-state index < -0.39 is 18.7 Å². The molecule has 4 nitrogen and oxygen atoms in total. The molecule has 0 aromatic rings. The fourth-order valence-electron chi connectivity index (χ4n) is 3.17. The predicted molar refractivity (Wildman–Crippen MR) is 86.3 cm³/mol. The van der Waals surface area contributed by atoms with Crippen LogP contribution < -0.4 is 0 Å². The van der Waals surface area contributed by atoms with Crippen molar-refractivity contribution >= 4 is 12.1 Å². The van der Waals surface area contributed by atoms with Gasteiger partial charge in [0.15, 0.2) is 6.29 Å². The van der Waals surface area contributed by atoms with Gasteiger partial charge in [0.2, 0.25) is 1.43 Å². The van der Waals surface area contributed by atoms with Crippen molar-refractivity contribution in [2.24, 2.45) is 11.3 Å². The Balaban J connectivity index is 2.72. The van der Waals surface area contributed by atoms with E-state index in [1.54, 1.807) is 6.92 Å². The lowest BCUT2D eigenvalue weighted by atomic mass is 9.70. The standard InChI is InChI=1S/C18H28O4/c1-13(12-19)6-5-7-15-9-10-16(20)18(15,3)14(2)8-11-17(21)22-4/h6,12,15,17,21H,2,5,7-11H2,1,3-4H3/b13-6+/t15-,17?,18+/m0/s1/i4D3,21D. The average Bonchev–Trinajstić information content (AvgIpc) is 2.86. The molecule has 0 aliphatic heterocycles. The van der Waals surface area contributed by atoms with Gasteiger partial charge in [-0.3, -0.25) is 9.59 Å². The summed E-state index contributed by atoms with van der Waals surface area (Å²) in [6.07, 6.45) is 4.70. The number of Topliss-reactive ketones (excluding diaryl/α,β-unsaturated/α-hetero) is 1. The molecule has 0 radical (unpaired) electrons. The first-order valence-electron chi connectivity index (χ1n) is 9.58. The van der Waals surface area contributed by atoms with Crippen molar-refractivity contribution in [2.45, 2.75) is 58.7 Å². The van der Waals surface area contributed by atoms with Crippen LogP contribution in [0, 0.1) is 11.3 Å². The van der Waals surface area contributed by atoms with Crippen molar-refractivity contribution in [2.75, 3.05) is 7.04 Å². The number of allylic oxidation sites excluding steroid dienone is 3. The number of aldehydes is 1. The minimum atomic E-state index is -2.65. The smallest absolute Gasteiger partial charge is 0.213 e. The van der Waals surface area contributed by atoms with Gasteiger partial charge in [-0.05, 0) is 51.0 Å². The molecule has 22 heavy (non-hydrogen) atoms. The van der Waals surface area contributed by atoms with Crippen LogP contribution in [-0.4, -0.2) is 31.9 Å². The Morgan fingerprint density at radius 1 is 1.73 bits per heavy atom. The number of hydrogen-bond acceptors (Lipinski definition) is 4. The van der Waals surface area contributed by atoms with Crippen molar-refractivity contribution in [1.29, 1.82) is 1.43 Å². The Labute approximate surface area is 138 Å². The second-order valence-electron chi connectivity index (χ2n) is 6.19. The van der Waals surface area contributed by atoms with E-state index in [0.29, 0.717) is 30.4 Å². The first kappa shape index (κ1) is 13.2. The fraction of sp³-hybridized carbons (Fsp3) is 0.667. The van der Waals surface area contributed by atoms with Crippen molar-refractivity contribution in [3.8, 4) is 0 Å². The van der Waals surface area contributed by atoms with E-state index >= 15 is 0 Å². The first-order chi connectivity index (χ1) is 12.0. The van der Waals surface area contributed by atoms with Crippen LogP contribution in [0.25, 0.3) is 0 Å². The van der Waals surface area contributed by atoms with Crippen LogP contribution in [-0.2, 0) is 14.3 Å². The highest BCUT2D eigenvalue weighted by atomic mass is 16.6. The van der Waals surface area contributed by atoms with Crippen molar-refractivity contribution < 1.29 is 23.5 Å². The highest BCUT2D eigenvalue weighted by Crippen LogP contribution is 2.48. The Kier molecular flexibility index (Phi) is 5.04. The molecule has 4 heteroatoms. The molecule has 0 bridgehead atoms. The van der Waals surface area contributed by atoms with Gasteiger partial charge in [-0.1, -0.05) is 18.2 Å². The molecule has 1 saturated carbocycles. The summed E-state index contributed by atoms with van der Waals surface area (Å²) < 4.78 is 32.9. The number of aliphatic hydroxyl groups is 1. The summed E-state index contributed by atoms with van der Waals surface area (Å²) in [5.41, 5.74) is 0.694. The van der Waals surface area contributed by atoms with E-state index in [0.717, 1.165) is 19.1 Å². The normalized spacial score (nSPS) is 30.2. The van der Waals surface area contributed by atoms with E-state index in [2.05, 4.69) is 11.7 Å². The van der Waals surface area contributed by atoms with Crippen LogP contribution in [0.5, 0.6) is 0 Å². The van der Waals surface area contributed by atoms with Gasteiger partial charge < -0.3 is 9.85 Å². The number of carbonyl (C=O) groups excluding carboxylic acids is 2. The lowest BCUT2D eigenvalue weighted by Gasteiger charge is -2.32. The summed E-state index contributed by atoms with van der Waals surface area (Å²) in [5, 5.41) is 4.33. The minimum Gasteiger partial charge on any atom is -0.368 e. The maximum Gasteiger partial charge on any atom is 0.213 e. The largest absolute Gasteiger partial charge is 0.368 e. The van der Waals surface area contributed by atoms with Gasteiger partial charge in [0.25, 0.3) is 0 Å². The molecule has 1 aliphatic rings. The summed E-state index contributed by atoms with van der Waals surface area (Å²) >= 11 is 0. The number of ketones is 1. The summed E-state index contributed by atoms with van der Waals surface area (Å²) in [6, 6.07) is 0. The molecule has 1 unspecified atom stereocenters. The predicted octanol–water partition coefficient (Wildman–Crippen LogP) is 3.20. The molecule has 0 heterocycles. The molecular weight excluding hydrogens is 280 g/mol. The van der Waals surface area contributed by atoms with Gasteiger partial charge >= 0.3 is 0 Å². The Morgan fingerprint density at radius 3 is 3.14 bits per heavy atom. The molecule has 0 saturated heterocycles. The van der Waals surface area contributed by atoms with E-state index in [1.807, 2.05) is 13.0 Å². The summed E-state index contributed by atoms with van der Waals surface area (Å²) in [7, 11) is -2.65. The topological polar surface area (TPSA) is 63.6 Å². The summed E-state index contributed by atoms with van der Waals surface area (Å²) in [5.74, 6) is 0.251. The highest BCUT2D eigenvalue weighted by Gasteiger charge is 2.46. The van der Waals surface area contributed by atoms with Gasteiger partial charge in [0.05, 0.1) is 4.11 Å². The van der Waals surface area contributed by atoms with Crippen LogP contribution in [0.3, 0.4) is 0 Å². The third kappa shape index (κ3) is 4.37. The molecule has 1 rings (SSSR count). The maximum atomic E-state index is 12.5. The average molecular weight is 312 g/mol. The second kappa shape index (κ2) is 8.39. The number of hydrogen-bond donors (Lipinski definition) is 1. The van der Waals surface area contributed by atoms with Crippen LogP contribution >= 0.6 is 0 Å². The number of methoxy groups -OCH3 is 1. The van der Waals surface area contributed by atoms with E-state index in [1.165, 1.54) is 0 Å². The summed E-state index contributed by atoms with van der Waals surface area (Å²) in [6.45, 7) is 7.69. The van der Waals surface area contributed by atoms with Crippen molar-refractivity contribution in [1.82, 2.24) is 0 Å². The molecule has 1 fully saturated rings. The quantitative estimate of drug-likeness (QED) is 0.291. The molecule has 124 valence electrons. The third-order valence-corrected chi connectivity index (χ3v) is 4.83. The van der Waals surface area contributed by atoms with Crippen LogP contribution in [0.15, 0.2) is 23.8 Å². The zero-order valence-corrected chi connectivity index (χ0v) is 13.4. The van der Waals surface area contributed by atoms with Crippen LogP contribution in [0.1, 0.15) is 56.5 Å². The molecule has 0 spiro atoms. The molecule has 1 N–H and O–H groups in total. The third-order valence-electron chi connectivity index (χ3n) is 4.83. The Bertz CT molecular complexity index is 556. The second-order valence-corrected chi connectivity index (χ2v) is 6.19. The van der Waals surface area contributed by atoms with Crippen molar-refractivity contribution in [3.05, 3.63) is 23.8 Å². The van der Waals surface area contributed by atoms with Gasteiger partial charge in [-0.15, -0.1) is 0 Å². The van der Waals surface area contributed by atoms with Gasteiger partial charge in [-0.25, -0.2) is 0 Å². The summed E-state index contributed by atoms with van der Waals surface area (Å²) in [4.78, 5) is 23.2. The molecule has 3 atom stereocenters. The molecule has 0 amide bonds. The van der Waals surface area contributed by atoms with E-state index in [9.17, 15) is 9.59 Å². The van der Waals surface area contributed by atoms with Gasteiger partial charge in [0, 0.05) is 25.3 Å². The zero-order chi connectivity index (χ0) is 20.0. The van der Waals surface area contributed by atoms with Crippen LogP contribution in [0.4, 0.5) is 0 Å². The number of aliphatic hydroxyl groups excluding tert-OH is 1. The molecule has 0 aromatic heterocycles. The van der Waals surface area contributed by atoms with Crippen molar-refractivity contribution in [3.63, 3.8) is 0 Å². The lowest BCUT2D eigenvalue weighted by Crippen LogP contribution is -2.31. The fourth-order valence-corrected chi connectivity index (χ4v) is 3.17.